The van der Waals surface area contributed by atoms with E-state index >= 15 is 0 Å². The summed E-state index contributed by atoms with van der Waals surface area (Å²) in [7, 11) is 0. The predicted octanol–water partition coefficient (Wildman–Crippen LogP) is -0.348. The number of halogens is 1. The van der Waals surface area contributed by atoms with Crippen LogP contribution in [0, 0.1) is 40.7 Å². The van der Waals surface area contributed by atoms with Crippen LogP contribution in [0.2, 0.25) is 0 Å². The molecule has 0 fully saturated rings. The molecular formula is C11H15BrMg. The minimum Gasteiger partial charge on any atom is -1.00 e. The molecule has 0 aliphatic rings. The normalized spacial score (nSPS) is 8.69. The monoisotopic (exact) mass is 250 g/mol. The Balaban J connectivity index is 0. The Hall–Kier alpha value is 0.466. The molecule has 0 spiro atoms. The molecule has 1 rings (SSSR count). The van der Waals surface area contributed by atoms with Gasteiger partial charge in [-0.1, -0.05) is 34.6 Å². The van der Waals surface area contributed by atoms with E-state index < -0.39 is 0 Å². The average Bonchev–Trinajstić information content (AvgIpc) is 1.97. The van der Waals surface area contributed by atoms with Gasteiger partial charge in [0.15, 0.2) is 0 Å². The maximum atomic E-state index is 3.35. The van der Waals surface area contributed by atoms with Crippen LogP contribution in [-0.2, 0) is 0 Å². The van der Waals surface area contributed by atoms with Gasteiger partial charge in [-0.15, -0.1) is 0 Å². The summed E-state index contributed by atoms with van der Waals surface area (Å²) in [5.74, 6) is 0. The van der Waals surface area contributed by atoms with E-state index in [1.54, 1.807) is 0 Å². The van der Waals surface area contributed by atoms with Gasteiger partial charge in [0, 0.05) is 0 Å². The second-order valence-corrected chi connectivity index (χ2v) is 3.25. The van der Waals surface area contributed by atoms with Crippen LogP contribution >= 0.6 is 0 Å². The van der Waals surface area contributed by atoms with E-state index in [1.165, 1.54) is 27.8 Å². The summed E-state index contributed by atoms with van der Waals surface area (Å²) in [5.41, 5.74) is 6.75. The Morgan fingerprint density at radius 3 is 1.31 bits per heavy atom. The first-order valence-electron chi connectivity index (χ1n) is 4.00. The van der Waals surface area contributed by atoms with Crippen molar-refractivity contribution in [2.75, 3.05) is 0 Å². The number of hydrogen-bond acceptors (Lipinski definition) is 0. The second kappa shape index (κ2) is 6.04. The molecule has 0 saturated heterocycles. The van der Waals surface area contributed by atoms with Crippen LogP contribution in [-0.4, -0.2) is 23.1 Å². The zero-order chi connectivity index (χ0) is 8.59. The third kappa shape index (κ3) is 3.26. The topological polar surface area (TPSA) is 0 Å². The van der Waals surface area contributed by atoms with Crippen molar-refractivity contribution < 1.29 is 17.0 Å². The van der Waals surface area contributed by atoms with Gasteiger partial charge in [0.1, 0.15) is 0 Å². The Kier molecular flexibility index (Phi) is 7.40. The predicted molar refractivity (Wildman–Crippen MR) is 54.7 cm³/mol. The largest absolute Gasteiger partial charge is 2.00 e. The number of aryl methyl sites for hydroxylation is 2. The fourth-order valence-corrected chi connectivity index (χ4v) is 1.31. The van der Waals surface area contributed by atoms with E-state index in [2.05, 4.69) is 40.7 Å². The van der Waals surface area contributed by atoms with Gasteiger partial charge in [-0.2, -0.15) is 33.9 Å². The number of benzene rings is 1. The molecule has 0 radical (unpaired) electrons. The van der Waals surface area contributed by atoms with Crippen molar-refractivity contribution in [3.8, 4) is 0 Å². The zero-order valence-corrected chi connectivity index (χ0v) is 12.1. The first-order chi connectivity index (χ1) is 5.04. The van der Waals surface area contributed by atoms with E-state index in [1.807, 2.05) is 0 Å². The van der Waals surface area contributed by atoms with Gasteiger partial charge in [0.05, 0.1) is 0 Å². The van der Waals surface area contributed by atoms with Crippen LogP contribution in [0.3, 0.4) is 0 Å². The molecule has 1 aromatic rings. The van der Waals surface area contributed by atoms with Gasteiger partial charge < -0.3 is 17.0 Å². The minimum absolute atomic E-state index is 0. The molecule has 0 nitrogen and oxygen atoms in total. The summed E-state index contributed by atoms with van der Waals surface area (Å²) in [6, 6.07) is 3.35. The molecule has 68 valence electrons. The maximum absolute atomic E-state index is 3.35. The molecule has 0 aliphatic heterocycles. The van der Waals surface area contributed by atoms with Crippen LogP contribution in [0.4, 0.5) is 0 Å². The van der Waals surface area contributed by atoms with Crippen molar-refractivity contribution >= 4 is 23.1 Å². The summed E-state index contributed by atoms with van der Waals surface area (Å²) in [6.07, 6.45) is 0. The fraction of sp³-hybridized carbons (Fsp3) is 0.455. The third-order valence-electron chi connectivity index (χ3n) is 2.62. The van der Waals surface area contributed by atoms with Crippen molar-refractivity contribution in [2.24, 2.45) is 0 Å². The molecule has 1 aromatic carbocycles. The summed E-state index contributed by atoms with van der Waals surface area (Å²) < 4.78 is 0. The van der Waals surface area contributed by atoms with E-state index in [0.29, 0.717) is 0 Å². The maximum Gasteiger partial charge on any atom is 2.00 e. The Morgan fingerprint density at radius 2 is 1.00 bits per heavy atom. The van der Waals surface area contributed by atoms with E-state index in [4.69, 9.17) is 0 Å². The van der Waals surface area contributed by atoms with Gasteiger partial charge in [0.2, 0.25) is 0 Å². The zero-order valence-electron chi connectivity index (χ0n) is 9.09. The molecule has 0 saturated carbocycles. The van der Waals surface area contributed by atoms with Crippen molar-refractivity contribution in [3.63, 3.8) is 0 Å². The molecule has 0 aromatic heterocycles. The molecule has 0 amide bonds. The van der Waals surface area contributed by atoms with Crippen molar-refractivity contribution in [1.29, 1.82) is 0 Å². The molecule has 0 atom stereocenters. The average molecular weight is 251 g/mol. The van der Waals surface area contributed by atoms with Gasteiger partial charge in [-0.3, -0.25) is 0 Å². The molecule has 13 heavy (non-hydrogen) atoms. The van der Waals surface area contributed by atoms with E-state index in [-0.39, 0.29) is 40.0 Å². The van der Waals surface area contributed by atoms with Gasteiger partial charge >= 0.3 is 23.1 Å². The van der Waals surface area contributed by atoms with Gasteiger partial charge in [-0.05, 0) is 0 Å². The summed E-state index contributed by atoms with van der Waals surface area (Å²) >= 11 is 0. The quantitative estimate of drug-likeness (QED) is 0.437. The summed E-state index contributed by atoms with van der Waals surface area (Å²) in [5, 5.41) is 0. The summed E-state index contributed by atoms with van der Waals surface area (Å²) in [6.45, 7) is 10.7. The van der Waals surface area contributed by atoms with Gasteiger partial charge in [0.25, 0.3) is 0 Å². The minimum atomic E-state index is 0. The molecule has 0 aliphatic carbocycles. The van der Waals surface area contributed by atoms with Crippen LogP contribution in [0.25, 0.3) is 0 Å². The Labute approximate surface area is 108 Å². The molecule has 0 unspecified atom stereocenters. The van der Waals surface area contributed by atoms with Crippen LogP contribution < -0.4 is 17.0 Å². The number of rotatable bonds is 0. The fourth-order valence-electron chi connectivity index (χ4n) is 1.31. The SMILES string of the molecule is Cc1[c-]c(C)c(C)c(C)c1C.[Br-].[Mg+2]. The molecule has 0 heterocycles. The van der Waals surface area contributed by atoms with E-state index in [9.17, 15) is 0 Å². The smallest absolute Gasteiger partial charge is 1.00 e. The van der Waals surface area contributed by atoms with Crippen molar-refractivity contribution in [2.45, 2.75) is 34.6 Å². The molecule has 0 bridgehead atoms. The summed E-state index contributed by atoms with van der Waals surface area (Å²) in [4.78, 5) is 0. The Morgan fingerprint density at radius 1 is 0.692 bits per heavy atom. The van der Waals surface area contributed by atoms with Crippen LogP contribution in [0.15, 0.2) is 0 Å². The third-order valence-corrected chi connectivity index (χ3v) is 2.62. The van der Waals surface area contributed by atoms with Crippen LogP contribution in [0.1, 0.15) is 27.8 Å². The number of hydrogen-bond donors (Lipinski definition) is 0. The molecule has 0 N–H and O–H groups in total. The first kappa shape index (κ1) is 15.9. The van der Waals surface area contributed by atoms with Crippen molar-refractivity contribution in [1.82, 2.24) is 0 Å². The second-order valence-electron chi connectivity index (χ2n) is 3.25. The van der Waals surface area contributed by atoms with E-state index in [0.717, 1.165) is 0 Å². The van der Waals surface area contributed by atoms with Gasteiger partial charge in [-0.25, -0.2) is 0 Å². The first-order valence-corrected chi connectivity index (χ1v) is 4.00. The van der Waals surface area contributed by atoms with Crippen molar-refractivity contribution in [3.05, 3.63) is 33.9 Å². The molecule has 2 heteroatoms. The Bertz CT molecular complexity index is 266. The molecular weight excluding hydrogens is 236 g/mol. The standard InChI is InChI=1S/C11H15.BrH.Mg/c1-7-6-8(2)10(4)11(5)9(7)3;;/h1-5H3;1H;/q-1;;+2/p-1. The van der Waals surface area contributed by atoms with Crippen LogP contribution in [0.5, 0.6) is 0 Å².